The number of fused-ring (bicyclic) bond motifs is 3. The highest BCUT2D eigenvalue weighted by Crippen LogP contribution is 2.44. The van der Waals surface area contributed by atoms with Gasteiger partial charge >= 0.3 is 12.2 Å². The SMILES string of the molecule is CC(C)[C@H](NC(=O)[C@@H]1CCCN1C(=O)[C@H](CCCCNC(=O)OC(C)(C)C)NC(=O)OCC1c2ccccc2-c2ccccc21)C(N)=O. The lowest BCUT2D eigenvalue weighted by molar-refractivity contribution is -0.141. The highest BCUT2D eigenvalue weighted by molar-refractivity contribution is 5.94. The Morgan fingerprint density at radius 1 is 0.917 bits per heavy atom. The summed E-state index contributed by atoms with van der Waals surface area (Å²) >= 11 is 0. The molecule has 0 unspecified atom stereocenters. The minimum absolute atomic E-state index is 0.0824. The van der Waals surface area contributed by atoms with Crippen molar-refractivity contribution in [3.63, 3.8) is 0 Å². The van der Waals surface area contributed by atoms with Crippen LogP contribution in [0.5, 0.6) is 0 Å². The Kier molecular flexibility index (Phi) is 12.1. The van der Waals surface area contributed by atoms with Gasteiger partial charge in [0, 0.05) is 19.0 Å². The molecular formula is C36H49N5O7. The molecule has 0 bridgehead atoms. The molecule has 4 rings (SSSR count). The van der Waals surface area contributed by atoms with Crippen molar-refractivity contribution < 1.29 is 33.4 Å². The van der Waals surface area contributed by atoms with Gasteiger partial charge in [-0.1, -0.05) is 62.4 Å². The number of carbonyl (C=O) groups is 5. The molecule has 5 N–H and O–H groups in total. The summed E-state index contributed by atoms with van der Waals surface area (Å²) in [6, 6.07) is 13.4. The van der Waals surface area contributed by atoms with Crippen molar-refractivity contribution in [2.24, 2.45) is 11.7 Å². The molecule has 0 aromatic heterocycles. The lowest BCUT2D eigenvalue weighted by atomic mass is 9.98. The van der Waals surface area contributed by atoms with Crippen molar-refractivity contribution in [2.45, 2.75) is 96.4 Å². The van der Waals surface area contributed by atoms with Gasteiger partial charge < -0.3 is 36.1 Å². The van der Waals surface area contributed by atoms with E-state index in [1.807, 2.05) is 36.4 Å². The van der Waals surface area contributed by atoms with Gasteiger partial charge in [-0.25, -0.2) is 9.59 Å². The zero-order valence-electron chi connectivity index (χ0n) is 28.5. The Bertz CT molecular complexity index is 1440. The number of ether oxygens (including phenoxy) is 2. The van der Waals surface area contributed by atoms with Gasteiger partial charge in [0.25, 0.3) is 0 Å². The molecule has 5 amide bonds. The minimum Gasteiger partial charge on any atom is -0.449 e. The van der Waals surface area contributed by atoms with Gasteiger partial charge in [0.05, 0.1) is 0 Å². The van der Waals surface area contributed by atoms with Crippen molar-refractivity contribution in [3.8, 4) is 11.1 Å². The zero-order valence-corrected chi connectivity index (χ0v) is 28.5. The molecule has 12 nitrogen and oxygen atoms in total. The number of rotatable bonds is 13. The smallest absolute Gasteiger partial charge is 0.407 e. The summed E-state index contributed by atoms with van der Waals surface area (Å²) in [5, 5.41) is 8.17. The summed E-state index contributed by atoms with van der Waals surface area (Å²) in [4.78, 5) is 65.9. The van der Waals surface area contributed by atoms with Gasteiger partial charge in [-0.15, -0.1) is 0 Å². The van der Waals surface area contributed by atoms with E-state index in [-0.39, 0.29) is 24.9 Å². The minimum atomic E-state index is -0.979. The van der Waals surface area contributed by atoms with E-state index in [0.29, 0.717) is 38.8 Å². The number of alkyl carbamates (subject to hydrolysis) is 2. The number of likely N-dealkylation sites (tertiary alicyclic amines) is 1. The van der Waals surface area contributed by atoms with Crippen LogP contribution in [0.15, 0.2) is 48.5 Å². The van der Waals surface area contributed by atoms with E-state index in [1.54, 1.807) is 34.6 Å². The standard InChI is InChI=1S/C36H49N5O7/c1-22(2)30(31(37)42)40-32(43)29-18-12-20-41(29)33(44)28(17-10-11-19-38-34(45)48-36(3,4)5)39-35(46)47-21-27-25-15-8-6-13-23(25)24-14-7-9-16-26(24)27/h6-9,13-16,22,27-30H,10-12,17-21H2,1-5H3,(H2,37,42)(H,38,45)(H,39,46)(H,40,43)/t28-,29-,30-/m0/s1. The third-order valence-corrected chi connectivity index (χ3v) is 8.63. The number of benzene rings is 2. The van der Waals surface area contributed by atoms with Gasteiger partial charge in [0.1, 0.15) is 30.3 Å². The molecule has 1 aliphatic heterocycles. The number of nitrogens with zero attached hydrogens (tertiary/aromatic N) is 1. The number of nitrogens with two attached hydrogens (primary N) is 1. The van der Waals surface area contributed by atoms with Crippen LogP contribution in [0, 0.1) is 5.92 Å². The second-order valence-electron chi connectivity index (χ2n) is 13.8. The van der Waals surface area contributed by atoms with Crippen molar-refractivity contribution in [3.05, 3.63) is 59.7 Å². The fraction of sp³-hybridized carbons (Fsp3) is 0.528. The van der Waals surface area contributed by atoms with Crippen LogP contribution < -0.4 is 21.7 Å². The topological polar surface area (TPSA) is 169 Å². The number of amides is 5. The highest BCUT2D eigenvalue weighted by atomic mass is 16.6. The molecule has 3 atom stereocenters. The number of nitrogens with one attached hydrogen (secondary N) is 3. The van der Waals surface area contributed by atoms with Crippen molar-refractivity contribution in [1.82, 2.24) is 20.9 Å². The fourth-order valence-corrected chi connectivity index (χ4v) is 6.34. The zero-order chi connectivity index (χ0) is 35.0. The lowest BCUT2D eigenvalue weighted by Gasteiger charge is -2.30. The van der Waals surface area contributed by atoms with E-state index in [9.17, 15) is 24.0 Å². The first-order valence-electron chi connectivity index (χ1n) is 16.8. The van der Waals surface area contributed by atoms with Crippen molar-refractivity contribution >= 4 is 29.9 Å². The molecule has 260 valence electrons. The van der Waals surface area contributed by atoms with Crippen LogP contribution in [0.1, 0.15) is 83.8 Å². The van der Waals surface area contributed by atoms with Gasteiger partial charge in [-0.05, 0) is 81.0 Å². The molecule has 0 saturated carbocycles. The Labute approximate surface area is 282 Å². The largest absolute Gasteiger partial charge is 0.449 e. The number of primary amides is 1. The second-order valence-corrected chi connectivity index (χ2v) is 13.8. The van der Waals surface area contributed by atoms with E-state index < -0.39 is 53.6 Å². The third-order valence-electron chi connectivity index (χ3n) is 8.63. The first kappa shape index (κ1) is 36.2. The van der Waals surface area contributed by atoms with Crippen LogP contribution >= 0.6 is 0 Å². The summed E-state index contributed by atoms with van der Waals surface area (Å²) in [6.45, 7) is 9.61. The van der Waals surface area contributed by atoms with Crippen LogP contribution in [0.2, 0.25) is 0 Å². The summed E-state index contributed by atoms with van der Waals surface area (Å²) in [5.41, 5.74) is 9.22. The number of hydrogen-bond acceptors (Lipinski definition) is 7. The lowest BCUT2D eigenvalue weighted by Crippen LogP contribution is -2.56. The summed E-state index contributed by atoms with van der Waals surface area (Å²) in [7, 11) is 0. The first-order chi connectivity index (χ1) is 22.8. The van der Waals surface area contributed by atoms with E-state index in [1.165, 1.54) is 4.90 Å². The maximum atomic E-state index is 14.0. The predicted octanol–water partition coefficient (Wildman–Crippen LogP) is 4.21. The van der Waals surface area contributed by atoms with Gasteiger partial charge in [0.2, 0.25) is 17.7 Å². The van der Waals surface area contributed by atoms with E-state index in [4.69, 9.17) is 15.2 Å². The number of hydrogen-bond donors (Lipinski definition) is 4. The Balaban J connectivity index is 1.42. The van der Waals surface area contributed by atoms with Crippen LogP contribution in [-0.2, 0) is 23.9 Å². The maximum absolute atomic E-state index is 14.0. The number of carbonyl (C=O) groups excluding carboxylic acids is 5. The molecule has 1 saturated heterocycles. The van der Waals surface area contributed by atoms with E-state index in [0.717, 1.165) is 22.3 Å². The predicted molar refractivity (Wildman–Crippen MR) is 181 cm³/mol. The highest BCUT2D eigenvalue weighted by Gasteiger charge is 2.39. The Morgan fingerprint density at radius 3 is 2.12 bits per heavy atom. The summed E-state index contributed by atoms with van der Waals surface area (Å²) in [5.74, 6) is -1.90. The first-order valence-corrected chi connectivity index (χ1v) is 16.8. The second kappa shape index (κ2) is 16.0. The molecule has 2 aromatic carbocycles. The molecule has 12 heteroatoms. The van der Waals surface area contributed by atoms with Crippen LogP contribution in [0.4, 0.5) is 9.59 Å². The van der Waals surface area contributed by atoms with Gasteiger partial charge in [-0.3, -0.25) is 14.4 Å². The molecule has 1 fully saturated rings. The number of unbranched alkanes of at least 4 members (excludes halogenated alkanes) is 1. The summed E-state index contributed by atoms with van der Waals surface area (Å²) < 4.78 is 11.0. The molecular weight excluding hydrogens is 614 g/mol. The van der Waals surface area contributed by atoms with Crippen LogP contribution in [-0.4, -0.2) is 78.2 Å². The van der Waals surface area contributed by atoms with E-state index >= 15 is 0 Å². The van der Waals surface area contributed by atoms with E-state index in [2.05, 4.69) is 28.1 Å². The molecule has 1 heterocycles. The van der Waals surface area contributed by atoms with Crippen LogP contribution in [0.3, 0.4) is 0 Å². The normalized spacial score (nSPS) is 16.8. The third kappa shape index (κ3) is 9.26. The van der Waals surface area contributed by atoms with Gasteiger partial charge in [-0.2, -0.15) is 0 Å². The fourth-order valence-electron chi connectivity index (χ4n) is 6.34. The molecule has 0 spiro atoms. The average Bonchev–Trinajstić information content (AvgIpc) is 3.64. The molecule has 0 radical (unpaired) electrons. The molecule has 1 aliphatic carbocycles. The van der Waals surface area contributed by atoms with Crippen molar-refractivity contribution in [1.29, 1.82) is 0 Å². The molecule has 48 heavy (non-hydrogen) atoms. The maximum Gasteiger partial charge on any atom is 0.407 e. The Morgan fingerprint density at radius 2 is 1.54 bits per heavy atom. The Hall–Kier alpha value is -4.61. The van der Waals surface area contributed by atoms with Gasteiger partial charge in [0.15, 0.2) is 0 Å². The molecule has 2 aromatic rings. The average molecular weight is 664 g/mol. The molecule has 2 aliphatic rings. The monoisotopic (exact) mass is 663 g/mol. The van der Waals surface area contributed by atoms with Crippen molar-refractivity contribution in [2.75, 3.05) is 19.7 Å². The van der Waals surface area contributed by atoms with Crippen LogP contribution in [0.25, 0.3) is 11.1 Å². The quantitative estimate of drug-likeness (QED) is 0.233. The summed E-state index contributed by atoms with van der Waals surface area (Å²) in [6.07, 6.45) is 0.984.